The van der Waals surface area contributed by atoms with E-state index in [0.29, 0.717) is 17.1 Å². The lowest BCUT2D eigenvalue weighted by Gasteiger charge is -2.33. The van der Waals surface area contributed by atoms with Gasteiger partial charge in [-0.15, -0.1) is 0 Å². The van der Waals surface area contributed by atoms with E-state index in [0.717, 1.165) is 46.5 Å². The van der Waals surface area contributed by atoms with Crippen molar-refractivity contribution in [1.29, 1.82) is 0 Å². The van der Waals surface area contributed by atoms with Crippen LogP contribution in [0, 0.1) is 17.7 Å². The molecule has 37 heavy (non-hydrogen) atoms. The second-order valence-corrected chi connectivity index (χ2v) is 12.1. The number of halogens is 4. The highest BCUT2D eigenvalue weighted by Crippen LogP contribution is 2.50. The Kier molecular flexibility index (Phi) is 5.56. The molecule has 3 aliphatic rings. The summed E-state index contributed by atoms with van der Waals surface area (Å²) in [7, 11) is -2.39. The maximum atomic E-state index is 13.4. The van der Waals surface area contributed by atoms with E-state index in [-0.39, 0.29) is 24.2 Å². The van der Waals surface area contributed by atoms with Crippen LogP contribution in [0.2, 0.25) is 0 Å². The zero-order valence-electron chi connectivity index (χ0n) is 20.1. The molecular formula is C26H26F4N4O2S. The van der Waals surface area contributed by atoms with Gasteiger partial charge in [0.25, 0.3) is 10.2 Å². The van der Waals surface area contributed by atoms with Gasteiger partial charge in [-0.25, -0.2) is 4.39 Å². The molecule has 1 spiro atoms. The summed E-state index contributed by atoms with van der Waals surface area (Å²) in [6, 6.07) is 14.2. The first-order valence-electron chi connectivity index (χ1n) is 12.2. The molecule has 6 rings (SSSR count). The zero-order valence-corrected chi connectivity index (χ0v) is 20.9. The number of nitrogens with one attached hydrogen (secondary N) is 1. The second kappa shape index (κ2) is 8.37. The molecule has 2 bridgehead atoms. The Bertz CT molecular complexity index is 1470. The van der Waals surface area contributed by atoms with E-state index < -0.39 is 28.5 Å². The van der Waals surface area contributed by atoms with Gasteiger partial charge >= 0.3 is 6.18 Å². The Morgan fingerprint density at radius 3 is 2.32 bits per heavy atom. The molecule has 1 saturated carbocycles. The third kappa shape index (κ3) is 4.26. The van der Waals surface area contributed by atoms with E-state index in [4.69, 9.17) is 0 Å². The predicted molar refractivity (Wildman–Crippen MR) is 130 cm³/mol. The molecule has 6 nitrogen and oxygen atoms in total. The first-order valence-corrected chi connectivity index (χ1v) is 13.7. The summed E-state index contributed by atoms with van der Waals surface area (Å²) < 4.78 is 83.1. The summed E-state index contributed by atoms with van der Waals surface area (Å²) in [5, 5.41) is 4.65. The molecule has 0 amide bonds. The Morgan fingerprint density at radius 2 is 1.65 bits per heavy atom. The summed E-state index contributed by atoms with van der Waals surface area (Å²) in [6.45, 7) is -1.64. The fourth-order valence-electron chi connectivity index (χ4n) is 6.50. The van der Waals surface area contributed by atoms with E-state index in [1.807, 2.05) is 25.2 Å². The minimum Gasteiger partial charge on any atom is -0.267 e. The highest BCUT2D eigenvalue weighted by Gasteiger charge is 2.60. The molecule has 1 aromatic heterocycles. The van der Waals surface area contributed by atoms with Crippen LogP contribution >= 0.6 is 0 Å². The number of aryl methyl sites for hydroxylation is 1. The number of rotatable bonds is 3. The molecule has 3 atom stereocenters. The molecule has 1 aliphatic heterocycles. The number of aromatic nitrogens is 2. The molecule has 2 aliphatic carbocycles. The molecule has 0 unspecified atom stereocenters. The van der Waals surface area contributed by atoms with Crippen LogP contribution in [-0.2, 0) is 30.1 Å². The van der Waals surface area contributed by atoms with E-state index >= 15 is 0 Å². The standard InChI is InChI=1S/C26H26F4N4O2S/c1-33-24(16-4-8-22(27)9-5-16)13-23(31-33)18-3-2-17-11-20-6-7-21(12-19(17)10-18)25(20)14-34(15-26(28,29)30)37(35,36)32-25/h2-5,8-10,13,20-21,32H,6-7,11-12,14-15H2,1H3/t20-,21+,25-/m1/s1. The van der Waals surface area contributed by atoms with Crippen molar-refractivity contribution in [3.63, 3.8) is 0 Å². The molecule has 2 fully saturated rings. The van der Waals surface area contributed by atoms with Crippen LogP contribution in [0.4, 0.5) is 17.6 Å². The first-order chi connectivity index (χ1) is 17.4. The van der Waals surface area contributed by atoms with Gasteiger partial charge in [0.05, 0.1) is 16.9 Å². The minimum atomic E-state index is -4.60. The van der Waals surface area contributed by atoms with Gasteiger partial charge in [0.1, 0.15) is 12.4 Å². The van der Waals surface area contributed by atoms with Crippen molar-refractivity contribution < 1.29 is 26.0 Å². The van der Waals surface area contributed by atoms with Crippen molar-refractivity contribution in [3.8, 4) is 22.5 Å². The Labute approximate surface area is 212 Å². The van der Waals surface area contributed by atoms with E-state index in [9.17, 15) is 26.0 Å². The number of hydrogen-bond acceptors (Lipinski definition) is 3. The predicted octanol–water partition coefficient (Wildman–Crippen LogP) is 4.47. The highest BCUT2D eigenvalue weighted by molar-refractivity contribution is 7.87. The Morgan fingerprint density at radius 1 is 1.00 bits per heavy atom. The van der Waals surface area contributed by atoms with Crippen LogP contribution in [-0.4, -0.2) is 47.3 Å². The Balaban J connectivity index is 1.31. The lowest BCUT2D eigenvalue weighted by molar-refractivity contribution is -0.136. The lowest BCUT2D eigenvalue weighted by atomic mass is 9.79. The molecule has 1 N–H and O–H groups in total. The van der Waals surface area contributed by atoms with Gasteiger partial charge < -0.3 is 0 Å². The fraction of sp³-hybridized carbons (Fsp3) is 0.423. The normalized spacial score (nSPS) is 26.9. The number of fused-ring (bicyclic) bond motifs is 1. The molecule has 11 heteroatoms. The van der Waals surface area contributed by atoms with Gasteiger partial charge in [0.2, 0.25) is 0 Å². The lowest BCUT2D eigenvalue weighted by Crippen LogP contribution is -2.52. The summed E-state index contributed by atoms with van der Waals surface area (Å²) in [5.41, 5.74) is 4.61. The van der Waals surface area contributed by atoms with Crippen LogP contribution < -0.4 is 4.72 Å². The van der Waals surface area contributed by atoms with Crippen molar-refractivity contribution in [2.45, 2.75) is 37.4 Å². The molecule has 0 radical (unpaired) electrons. The third-order valence-electron chi connectivity index (χ3n) is 8.23. The van der Waals surface area contributed by atoms with E-state index in [1.54, 1.807) is 16.8 Å². The van der Waals surface area contributed by atoms with Gasteiger partial charge in [-0.3, -0.25) is 4.68 Å². The summed E-state index contributed by atoms with van der Waals surface area (Å²) >= 11 is 0. The fourth-order valence-corrected chi connectivity index (χ4v) is 8.21. The molecule has 2 heterocycles. The number of nitrogens with zero attached hydrogens (tertiary/aromatic N) is 3. The number of alkyl halides is 3. The first kappa shape index (κ1) is 24.6. The van der Waals surface area contributed by atoms with Crippen LogP contribution in [0.1, 0.15) is 24.0 Å². The average Bonchev–Trinajstić information content (AvgIpc) is 3.38. The molecule has 3 aromatic rings. The van der Waals surface area contributed by atoms with Crippen molar-refractivity contribution in [3.05, 3.63) is 65.5 Å². The smallest absolute Gasteiger partial charge is 0.267 e. The SMILES string of the molecule is Cn1nc(-c2ccc3c(c2)C[C@@H]2CC[C@H](C3)[C@]23CN(CC(F)(F)F)S(=O)(=O)N3)cc1-c1ccc(F)cc1. The molecule has 2 aromatic carbocycles. The summed E-state index contributed by atoms with van der Waals surface area (Å²) in [6.07, 6.45) is -1.88. The second-order valence-electron chi connectivity index (χ2n) is 10.4. The van der Waals surface area contributed by atoms with Crippen molar-refractivity contribution in [2.75, 3.05) is 13.1 Å². The summed E-state index contributed by atoms with van der Waals surface area (Å²) in [5.74, 6) is -0.479. The number of benzene rings is 2. The molecular weight excluding hydrogens is 508 g/mol. The van der Waals surface area contributed by atoms with Gasteiger partial charge in [-0.05, 0) is 90.6 Å². The highest BCUT2D eigenvalue weighted by atomic mass is 32.2. The van der Waals surface area contributed by atoms with E-state index in [1.165, 1.54) is 12.1 Å². The van der Waals surface area contributed by atoms with Gasteiger partial charge in [-0.1, -0.05) is 12.1 Å². The van der Waals surface area contributed by atoms with Gasteiger partial charge in [0, 0.05) is 19.2 Å². The molecule has 1 saturated heterocycles. The number of hydrogen-bond donors (Lipinski definition) is 1. The van der Waals surface area contributed by atoms with Crippen LogP contribution in [0.25, 0.3) is 22.5 Å². The van der Waals surface area contributed by atoms with Crippen molar-refractivity contribution >= 4 is 10.2 Å². The van der Waals surface area contributed by atoms with E-state index in [2.05, 4.69) is 15.9 Å². The minimum absolute atomic E-state index is 0.0717. The largest absolute Gasteiger partial charge is 0.402 e. The van der Waals surface area contributed by atoms with Crippen LogP contribution in [0.3, 0.4) is 0 Å². The van der Waals surface area contributed by atoms with Crippen LogP contribution in [0.15, 0.2) is 48.5 Å². The quantitative estimate of drug-likeness (QED) is 0.505. The Hall–Kier alpha value is -2.76. The zero-order chi connectivity index (χ0) is 26.2. The molecule has 196 valence electrons. The van der Waals surface area contributed by atoms with Gasteiger partial charge in [-0.2, -0.15) is 35.7 Å². The summed E-state index contributed by atoms with van der Waals surface area (Å²) in [4.78, 5) is 0. The maximum Gasteiger partial charge on any atom is 0.402 e. The van der Waals surface area contributed by atoms with Crippen molar-refractivity contribution in [1.82, 2.24) is 18.8 Å². The monoisotopic (exact) mass is 534 g/mol. The van der Waals surface area contributed by atoms with Crippen molar-refractivity contribution in [2.24, 2.45) is 18.9 Å². The topological polar surface area (TPSA) is 67.2 Å². The third-order valence-corrected chi connectivity index (χ3v) is 9.80. The van der Waals surface area contributed by atoms with Crippen LogP contribution in [0.5, 0.6) is 0 Å². The average molecular weight is 535 g/mol. The maximum absolute atomic E-state index is 13.4. The van der Waals surface area contributed by atoms with Gasteiger partial charge in [0.15, 0.2) is 0 Å².